The number of para-hydroxylation sites is 1. The largest absolute Gasteiger partial charge is 0.384 e. The molecule has 2 rings (SSSR count). The van der Waals surface area contributed by atoms with Crippen molar-refractivity contribution in [2.75, 3.05) is 31.5 Å². The summed E-state index contributed by atoms with van der Waals surface area (Å²) < 4.78 is 0. The van der Waals surface area contributed by atoms with Gasteiger partial charge in [-0.15, -0.1) is 12.4 Å². The van der Waals surface area contributed by atoms with Crippen molar-refractivity contribution < 1.29 is 0 Å². The maximum Gasteiger partial charge on any atom is 0.0378 e. The molecule has 0 bridgehead atoms. The third-order valence-corrected chi connectivity index (χ3v) is 3.93. The molecule has 0 aliphatic carbocycles. The van der Waals surface area contributed by atoms with Gasteiger partial charge in [0.05, 0.1) is 0 Å². The van der Waals surface area contributed by atoms with Gasteiger partial charge in [0.25, 0.3) is 0 Å². The van der Waals surface area contributed by atoms with Gasteiger partial charge in [-0.25, -0.2) is 0 Å². The predicted octanol–water partition coefficient (Wildman–Crippen LogP) is 4.30. The van der Waals surface area contributed by atoms with E-state index in [4.69, 9.17) is 0 Å². The molecule has 1 aliphatic rings. The first-order chi connectivity index (χ1) is 9.07. The van der Waals surface area contributed by atoms with Gasteiger partial charge in [-0.2, -0.15) is 0 Å². The lowest BCUT2D eigenvalue weighted by Gasteiger charge is -2.27. The van der Waals surface area contributed by atoms with E-state index in [2.05, 4.69) is 55.3 Å². The third kappa shape index (κ3) is 4.99. The number of likely N-dealkylation sites (tertiary alicyclic amines) is 1. The van der Waals surface area contributed by atoms with Crippen LogP contribution >= 0.6 is 12.4 Å². The number of hydrogen-bond donors (Lipinski definition) is 1. The van der Waals surface area contributed by atoms with E-state index in [1.807, 2.05) is 0 Å². The van der Waals surface area contributed by atoms with E-state index in [0.717, 1.165) is 6.54 Å². The Bertz CT molecular complexity index is 392. The van der Waals surface area contributed by atoms with Crippen LogP contribution in [-0.4, -0.2) is 31.1 Å². The van der Waals surface area contributed by atoms with Gasteiger partial charge in [0.15, 0.2) is 0 Å². The first-order valence-corrected chi connectivity index (χ1v) is 7.63. The van der Waals surface area contributed by atoms with E-state index < -0.39 is 0 Å². The van der Waals surface area contributed by atoms with Crippen LogP contribution in [0.3, 0.4) is 0 Å². The maximum atomic E-state index is 3.63. The fourth-order valence-electron chi connectivity index (χ4n) is 2.82. The molecule has 20 heavy (non-hydrogen) atoms. The van der Waals surface area contributed by atoms with Crippen molar-refractivity contribution in [2.24, 2.45) is 0 Å². The second-order valence-electron chi connectivity index (χ2n) is 6.62. The van der Waals surface area contributed by atoms with Crippen molar-refractivity contribution in [3.8, 4) is 0 Å². The average molecular weight is 297 g/mol. The Morgan fingerprint density at radius 3 is 2.35 bits per heavy atom. The molecule has 1 fully saturated rings. The lowest BCUT2D eigenvalue weighted by molar-refractivity contribution is 0.237. The van der Waals surface area contributed by atoms with E-state index in [-0.39, 0.29) is 17.8 Å². The summed E-state index contributed by atoms with van der Waals surface area (Å²) in [6.07, 6.45) is 4.16. The number of halogens is 1. The van der Waals surface area contributed by atoms with Gasteiger partial charge < -0.3 is 10.2 Å². The molecule has 1 saturated heterocycles. The summed E-state index contributed by atoms with van der Waals surface area (Å²) in [7, 11) is 0. The molecule has 0 unspecified atom stereocenters. The zero-order valence-electron chi connectivity index (χ0n) is 13.1. The molecule has 1 aliphatic heterocycles. The number of nitrogens with one attached hydrogen (secondary N) is 1. The highest BCUT2D eigenvalue weighted by atomic mass is 35.5. The molecule has 0 atom stereocenters. The fraction of sp³-hybridized carbons (Fsp3) is 0.647. The summed E-state index contributed by atoms with van der Waals surface area (Å²) in [6, 6.07) is 8.70. The molecule has 0 spiro atoms. The standard InChI is InChI=1S/C17H28N2.ClH/c1-17(2,3)15-9-5-6-10-16(15)18-11-14-19-12-7-4-8-13-19;/h5-6,9-10,18H,4,7-8,11-14H2,1-3H3;1H. The minimum absolute atomic E-state index is 0. The Balaban J connectivity index is 0.00000200. The second-order valence-corrected chi connectivity index (χ2v) is 6.62. The molecule has 0 aromatic heterocycles. The number of benzene rings is 1. The van der Waals surface area contributed by atoms with Gasteiger partial charge in [0, 0.05) is 18.8 Å². The number of hydrogen-bond acceptors (Lipinski definition) is 2. The number of piperidine rings is 1. The van der Waals surface area contributed by atoms with Crippen molar-refractivity contribution in [2.45, 2.75) is 45.4 Å². The minimum atomic E-state index is 0. The van der Waals surface area contributed by atoms with Crippen LogP contribution in [0.2, 0.25) is 0 Å². The molecule has 0 saturated carbocycles. The quantitative estimate of drug-likeness (QED) is 0.891. The monoisotopic (exact) mass is 296 g/mol. The summed E-state index contributed by atoms with van der Waals surface area (Å²) in [5, 5.41) is 3.63. The van der Waals surface area contributed by atoms with Gasteiger partial charge >= 0.3 is 0 Å². The van der Waals surface area contributed by atoms with Crippen LogP contribution in [0.5, 0.6) is 0 Å². The molecule has 0 amide bonds. The molecular formula is C17H29ClN2. The summed E-state index contributed by atoms with van der Waals surface area (Å²) in [5.41, 5.74) is 2.91. The number of nitrogens with zero attached hydrogens (tertiary/aromatic N) is 1. The Morgan fingerprint density at radius 1 is 1.05 bits per heavy atom. The van der Waals surface area contributed by atoms with E-state index in [1.54, 1.807) is 0 Å². The Kier molecular flexibility index (Phi) is 6.84. The lowest BCUT2D eigenvalue weighted by Crippen LogP contribution is -2.34. The molecule has 2 nitrogen and oxygen atoms in total. The van der Waals surface area contributed by atoms with Crippen LogP contribution in [0.15, 0.2) is 24.3 Å². The molecule has 1 aromatic rings. The van der Waals surface area contributed by atoms with Gasteiger partial charge in [0.2, 0.25) is 0 Å². The normalized spacial score (nSPS) is 16.6. The lowest BCUT2D eigenvalue weighted by atomic mass is 9.86. The Morgan fingerprint density at radius 2 is 1.70 bits per heavy atom. The van der Waals surface area contributed by atoms with E-state index in [1.165, 1.54) is 50.1 Å². The van der Waals surface area contributed by atoms with Gasteiger partial charge in [-0.05, 0) is 43.0 Å². The van der Waals surface area contributed by atoms with Crippen LogP contribution in [0.4, 0.5) is 5.69 Å². The molecule has 114 valence electrons. The van der Waals surface area contributed by atoms with E-state index in [0.29, 0.717) is 0 Å². The van der Waals surface area contributed by atoms with Gasteiger partial charge in [-0.3, -0.25) is 0 Å². The predicted molar refractivity (Wildman–Crippen MR) is 91.2 cm³/mol. The fourth-order valence-corrected chi connectivity index (χ4v) is 2.82. The minimum Gasteiger partial charge on any atom is -0.384 e. The average Bonchev–Trinajstić information content (AvgIpc) is 2.39. The highest BCUT2D eigenvalue weighted by Gasteiger charge is 2.17. The summed E-state index contributed by atoms with van der Waals surface area (Å²) in [6.45, 7) is 11.6. The van der Waals surface area contributed by atoms with Crippen LogP contribution in [0, 0.1) is 0 Å². The first-order valence-electron chi connectivity index (χ1n) is 7.63. The summed E-state index contributed by atoms with van der Waals surface area (Å²) >= 11 is 0. The van der Waals surface area contributed by atoms with Crippen molar-refractivity contribution in [3.05, 3.63) is 29.8 Å². The topological polar surface area (TPSA) is 15.3 Å². The summed E-state index contributed by atoms with van der Waals surface area (Å²) in [5.74, 6) is 0. The van der Waals surface area contributed by atoms with Crippen molar-refractivity contribution in [3.63, 3.8) is 0 Å². The van der Waals surface area contributed by atoms with Gasteiger partial charge in [0.1, 0.15) is 0 Å². The van der Waals surface area contributed by atoms with Crippen LogP contribution < -0.4 is 5.32 Å². The first kappa shape index (κ1) is 17.3. The van der Waals surface area contributed by atoms with Crippen molar-refractivity contribution >= 4 is 18.1 Å². The molecule has 1 heterocycles. The molecule has 3 heteroatoms. The van der Waals surface area contributed by atoms with E-state index in [9.17, 15) is 0 Å². The smallest absolute Gasteiger partial charge is 0.0378 e. The van der Waals surface area contributed by atoms with Crippen molar-refractivity contribution in [1.82, 2.24) is 4.90 Å². The van der Waals surface area contributed by atoms with E-state index >= 15 is 0 Å². The molecule has 0 radical (unpaired) electrons. The Hall–Kier alpha value is -0.730. The molecule has 1 N–H and O–H groups in total. The highest BCUT2D eigenvalue weighted by molar-refractivity contribution is 5.85. The SMILES string of the molecule is CC(C)(C)c1ccccc1NCCN1CCCCC1.Cl. The highest BCUT2D eigenvalue weighted by Crippen LogP contribution is 2.29. The van der Waals surface area contributed by atoms with Gasteiger partial charge in [-0.1, -0.05) is 45.4 Å². The maximum absolute atomic E-state index is 3.63. The number of rotatable bonds is 4. The molecule has 1 aromatic carbocycles. The number of anilines is 1. The third-order valence-electron chi connectivity index (χ3n) is 3.93. The van der Waals surface area contributed by atoms with Crippen LogP contribution in [0.1, 0.15) is 45.6 Å². The summed E-state index contributed by atoms with van der Waals surface area (Å²) in [4.78, 5) is 2.58. The second kappa shape index (κ2) is 7.90. The van der Waals surface area contributed by atoms with Crippen LogP contribution in [-0.2, 0) is 5.41 Å². The molecular weight excluding hydrogens is 268 g/mol. The van der Waals surface area contributed by atoms with Crippen molar-refractivity contribution in [1.29, 1.82) is 0 Å². The Labute approximate surface area is 130 Å². The zero-order valence-corrected chi connectivity index (χ0v) is 13.9. The van der Waals surface area contributed by atoms with Crippen LogP contribution in [0.25, 0.3) is 0 Å². The zero-order chi connectivity index (χ0) is 13.7.